The first-order chi connectivity index (χ1) is 8.27. The smallest absolute Gasteiger partial charge is 0.399 e. The molecule has 2 rings (SSSR count). The van der Waals surface area contributed by atoms with Gasteiger partial charge in [0.05, 0.1) is 16.9 Å². The summed E-state index contributed by atoms with van der Waals surface area (Å²) in [4.78, 5) is 7.73. The van der Waals surface area contributed by atoms with Crippen LogP contribution >= 0.6 is 0 Å². The third kappa shape index (κ3) is 2.08. The Morgan fingerprint density at radius 1 is 1.28 bits per heavy atom. The maximum absolute atomic E-state index is 12.9. The van der Waals surface area contributed by atoms with E-state index in [2.05, 4.69) is 9.97 Å². The summed E-state index contributed by atoms with van der Waals surface area (Å²) in [6.45, 7) is 6.99. The summed E-state index contributed by atoms with van der Waals surface area (Å²) < 4.78 is 24.6. The molecule has 98 valence electrons. The molecule has 0 radical (unpaired) electrons. The van der Waals surface area contributed by atoms with Gasteiger partial charge >= 0.3 is 7.12 Å². The van der Waals surface area contributed by atoms with Crippen molar-refractivity contribution in [1.29, 1.82) is 0 Å². The molecule has 0 bridgehead atoms. The molecule has 0 saturated carbocycles. The quantitative estimate of drug-likeness (QED) is 0.790. The van der Waals surface area contributed by atoms with Crippen molar-refractivity contribution >= 4 is 18.5 Å². The predicted octanol–water partition coefficient (Wildman–Crippen LogP) is 0.827. The van der Waals surface area contributed by atoms with E-state index in [1.807, 2.05) is 27.7 Å². The fourth-order valence-corrected chi connectivity index (χ4v) is 1.72. The summed E-state index contributed by atoms with van der Waals surface area (Å²) >= 11 is 0. The minimum Gasteiger partial charge on any atom is -0.399 e. The van der Waals surface area contributed by atoms with E-state index in [4.69, 9.17) is 15.0 Å². The summed E-state index contributed by atoms with van der Waals surface area (Å²) in [5, 5.41) is 0. The maximum atomic E-state index is 12.9. The van der Waals surface area contributed by atoms with Gasteiger partial charge in [-0.25, -0.2) is 14.4 Å². The van der Waals surface area contributed by atoms with Gasteiger partial charge in [0.25, 0.3) is 0 Å². The van der Waals surface area contributed by atoms with Gasteiger partial charge in [0.15, 0.2) is 0 Å². The molecular weight excluding hydrogens is 236 g/mol. The van der Waals surface area contributed by atoms with Crippen LogP contribution in [0.4, 0.5) is 10.3 Å². The first kappa shape index (κ1) is 13.2. The van der Waals surface area contributed by atoms with Crippen LogP contribution in [0.3, 0.4) is 0 Å². The molecule has 5 nitrogen and oxygen atoms in total. The van der Waals surface area contributed by atoms with Gasteiger partial charge in [0, 0.05) is 11.7 Å². The van der Waals surface area contributed by atoms with Gasteiger partial charge in [-0.15, -0.1) is 0 Å². The molecular formula is C11H17BFN3O2. The van der Waals surface area contributed by atoms with Gasteiger partial charge in [0.1, 0.15) is 6.67 Å². The number of halogens is 1. The molecule has 0 amide bonds. The van der Waals surface area contributed by atoms with E-state index >= 15 is 0 Å². The number of nitrogen functional groups attached to an aromatic ring is 1. The number of rotatable bonds is 2. The average molecular weight is 253 g/mol. The molecule has 0 aromatic carbocycles. The molecule has 1 aromatic rings. The summed E-state index contributed by atoms with van der Waals surface area (Å²) in [7, 11) is -0.665. The summed E-state index contributed by atoms with van der Waals surface area (Å²) in [5.41, 5.74) is 5.18. The third-order valence-corrected chi connectivity index (χ3v) is 3.55. The van der Waals surface area contributed by atoms with E-state index < -0.39 is 25.0 Å². The van der Waals surface area contributed by atoms with Gasteiger partial charge in [-0.05, 0) is 27.7 Å². The number of alkyl halides is 1. The van der Waals surface area contributed by atoms with Crippen LogP contribution in [0.5, 0.6) is 0 Å². The lowest BCUT2D eigenvalue weighted by Gasteiger charge is -2.32. The lowest BCUT2D eigenvalue weighted by molar-refractivity contribution is 0.00578. The molecule has 0 spiro atoms. The Bertz CT molecular complexity index is 452. The molecule has 2 N–H and O–H groups in total. The molecule has 1 saturated heterocycles. The second kappa shape index (κ2) is 4.17. The highest BCUT2D eigenvalue weighted by atomic mass is 19.1. The van der Waals surface area contributed by atoms with Gasteiger partial charge < -0.3 is 15.0 Å². The van der Waals surface area contributed by atoms with Crippen molar-refractivity contribution in [2.24, 2.45) is 0 Å². The molecule has 0 unspecified atom stereocenters. The van der Waals surface area contributed by atoms with Crippen LogP contribution in [-0.4, -0.2) is 28.3 Å². The van der Waals surface area contributed by atoms with Gasteiger partial charge in [-0.1, -0.05) is 0 Å². The minimum absolute atomic E-state index is 0.0444. The van der Waals surface area contributed by atoms with E-state index in [1.165, 1.54) is 6.20 Å². The van der Waals surface area contributed by atoms with Crippen LogP contribution in [-0.2, 0) is 16.0 Å². The van der Waals surface area contributed by atoms with E-state index in [9.17, 15) is 4.39 Å². The van der Waals surface area contributed by atoms with Crippen molar-refractivity contribution in [3.8, 4) is 0 Å². The Morgan fingerprint density at radius 2 is 1.83 bits per heavy atom. The normalized spacial score (nSPS) is 21.3. The molecule has 0 atom stereocenters. The third-order valence-electron chi connectivity index (χ3n) is 3.55. The van der Waals surface area contributed by atoms with E-state index in [0.29, 0.717) is 5.46 Å². The van der Waals surface area contributed by atoms with Crippen molar-refractivity contribution < 1.29 is 13.7 Å². The van der Waals surface area contributed by atoms with Crippen molar-refractivity contribution in [3.05, 3.63) is 11.9 Å². The number of hydrogen-bond acceptors (Lipinski definition) is 5. The van der Waals surface area contributed by atoms with Gasteiger partial charge in [-0.3, -0.25) is 0 Å². The summed E-state index contributed by atoms with van der Waals surface area (Å²) in [6.07, 6.45) is 1.46. The summed E-state index contributed by atoms with van der Waals surface area (Å²) in [6, 6.07) is 0. The molecule has 1 aliphatic rings. The second-order valence-corrected chi connectivity index (χ2v) is 5.35. The second-order valence-electron chi connectivity index (χ2n) is 5.35. The Labute approximate surface area is 106 Å². The topological polar surface area (TPSA) is 70.3 Å². The van der Waals surface area contributed by atoms with E-state index in [1.54, 1.807) is 0 Å². The van der Waals surface area contributed by atoms with Crippen LogP contribution < -0.4 is 11.2 Å². The fraction of sp³-hybridized carbons (Fsp3) is 0.636. The van der Waals surface area contributed by atoms with E-state index in [-0.39, 0.29) is 11.6 Å². The lowest BCUT2D eigenvalue weighted by Crippen LogP contribution is -2.41. The molecule has 1 aliphatic heterocycles. The van der Waals surface area contributed by atoms with Crippen LogP contribution in [0.2, 0.25) is 0 Å². The molecule has 2 heterocycles. The highest BCUT2D eigenvalue weighted by Crippen LogP contribution is 2.36. The highest BCUT2D eigenvalue weighted by molar-refractivity contribution is 6.62. The average Bonchev–Trinajstić information content (AvgIpc) is 2.47. The Balaban J connectivity index is 2.35. The zero-order valence-corrected chi connectivity index (χ0v) is 11.0. The number of nitrogens with zero attached hydrogens (tertiary/aromatic N) is 2. The zero-order chi connectivity index (χ0) is 13.6. The molecule has 7 heteroatoms. The van der Waals surface area contributed by atoms with E-state index in [0.717, 1.165) is 0 Å². The number of aromatic nitrogens is 2. The van der Waals surface area contributed by atoms with Crippen LogP contribution in [0.25, 0.3) is 0 Å². The zero-order valence-electron chi connectivity index (χ0n) is 11.0. The Kier molecular flexibility index (Phi) is 3.07. The standard InChI is InChI=1S/C11H17BFN3O2/c1-10(2)11(3,4)18-12(17-10)7-6-15-9(14)16-8(7)5-13/h6H,5H2,1-4H3,(H2,14,15,16). The molecule has 1 fully saturated rings. The minimum atomic E-state index is -0.730. The summed E-state index contributed by atoms with van der Waals surface area (Å²) in [5.74, 6) is 0.0444. The predicted molar refractivity (Wildman–Crippen MR) is 67.0 cm³/mol. The monoisotopic (exact) mass is 253 g/mol. The lowest BCUT2D eigenvalue weighted by atomic mass is 9.79. The van der Waals surface area contributed by atoms with Crippen molar-refractivity contribution in [3.63, 3.8) is 0 Å². The van der Waals surface area contributed by atoms with Crippen LogP contribution in [0, 0.1) is 0 Å². The number of hydrogen-bond donors (Lipinski definition) is 1. The van der Waals surface area contributed by atoms with Crippen molar-refractivity contribution in [2.45, 2.75) is 45.6 Å². The van der Waals surface area contributed by atoms with Crippen molar-refractivity contribution in [2.75, 3.05) is 5.73 Å². The molecule has 0 aliphatic carbocycles. The number of nitrogens with two attached hydrogens (primary N) is 1. The first-order valence-electron chi connectivity index (χ1n) is 5.80. The molecule has 1 aromatic heterocycles. The van der Waals surface area contributed by atoms with Crippen LogP contribution in [0.1, 0.15) is 33.4 Å². The van der Waals surface area contributed by atoms with Gasteiger partial charge in [0.2, 0.25) is 5.95 Å². The Morgan fingerprint density at radius 3 is 2.33 bits per heavy atom. The van der Waals surface area contributed by atoms with Crippen molar-refractivity contribution in [1.82, 2.24) is 9.97 Å². The first-order valence-corrected chi connectivity index (χ1v) is 5.80. The largest absolute Gasteiger partial charge is 0.498 e. The van der Waals surface area contributed by atoms with Crippen LogP contribution in [0.15, 0.2) is 6.20 Å². The Hall–Kier alpha value is -1.21. The molecule has 18 heavy (non-hydrogen) atoms. The van der Waals surface area contributed by atoms with Gasteiger partial charge in [-0.2, -0.15) is 0 Å². The fourth-order valence-electron chi connectivity index (χ4n) is 1.72. The number of anilines is 1. The highest BCUT2D eigenvalue weighted by Gasteiger charge is 2.52. The maximum Gasteiger partial charge on any atom is 0.498 e. The SMILES string of the molecule is CC1(C)OB(c2cnc(N)nc2CF)OC1(C)C.